The van der Waals surface area contributed by atoms with E-state index in [9.17, 15) is 5.26 Å². The van der Waals surface area contributed by atoms with E-state index in [4.69, 9.17) is 18.9 Å². The maximum Gasteiger partial charge on any atom is 0.161 e. The number of nitriles is 1. The molecule has 0 bridgehead atoms. The average Bonchev–Trinajstić information content (AvgIpc) is 2.65. The maximum absolute atomic E-state index is 9.53. The van der Waals surface area contributed by atoms with Crippen molar-refractivity contribution >= 4 is 11.6 Å². The van der Waals surface area contributed by atoms with Gasteiger partial charge < -0.3 is 18.9 Å². The number of methoxy groups -OCH3 is 4. The second-order valence-electron chi connectivity index (χ2n) is 4.89. The number of rotatable bonds is 6. The molecule has 0 amide bonds. The molecule has 0 saturated carbocycles. The molecular formula is C19H19NO4. The average molecular weight is 325 g/mol. The van der Waals surface area contributed by atoms with Crippen LogP contribution in [0.25, 0.3) is 11.6 Å². The lowest BCUT2D eigenvalue weighted by Crippen LogP contribution is -1.92. The van der Waals surface area contributed by atoms with E-state index in [1.807, 2.05) is 18.2 Å². The topological polar surface area (TPSA) is 60.7 Å². The Bertz CT molecular complexity index is 768. The SMILES string of the molecule is COc1cc(/C=C(\C#N)c2ccc(OC)c(OC)c2)cc(OC)c1. The molecule has 0 atom stereocenters. The summed E-state index contributed by atoms with van der Waals surface area (Å²) in [5.41, 5.74) is 2.03. The van der Waals surface area contributed by atoms with Gasteiger partial charge in [0.1, 0.15) is 11.5 Å². The summed E-state index contributed by atoms with van der Waals surface area (Å²) in [6.07, 6.45) is 1.77. The van der Waals surface area contributed by atoms with E-state index in [2.05, 4.69) is 6.07 Å². The minimum absolute atomic E-state index is 0.492. The number of allylic oxidation sites excluding steroid dienone is 1. The molecule has 0 unspecified atom stereocenters. The van der Waals surface area contributed by atoms with Crippen molar-refractivity contribution in [2.75, 3.05) is 28.4 Å². The van der Waals surface area contributed by atoms with E-state index in [1.54, 1.807) is 52.7 Å². The first-order valence-corrected chi connectivity index (χ1v) is 7.22. The third-order valence-corrected chi connectivity index (χ3v) is 3.50. The van der Waals surface area contributed by atoms with Crippen molar-refractivity contribution in [1.29, 1.82) is 5.26 Å². The Kier molecular flexibility index (Phi) is 5.69. The second-order valence-corrected chi connectivity index (χ2v) is 4.89. The minimum atomic E-state index is 0.492. The van der Waals surface area contributed by atoms with Gasteiger partial charge in [0.05, 0.1) is 40.1 Å². The van der Waals surface area contributed by atoms with Gasteiger partial charge in [0.2, 0.25) is 0 Å². The quantitative estimate of drug-likeness (QED) is 0.597. The number of hydrogen-bond acceptors (Lipinski definition) is 5. The molecule has 0 fully saturated rings. The predicted molar refractivity (Wildman–Crippen MR) is 92.6 cm³/mol. The second kappa shape index (κ2) is 7.93. The van der Waals surface area contributed by atoms with Crippen LogP contribution in [0.4, 0.5) is 0 Å². The summed E-state index contributed by atoms with van der Waals surface area (Å²) in [5.74, 6) is 2.50. The molecule has 5 nitrogen and oxygen atoms in total. The minimum Gasteiger partial charge on any atom is -0.497 e. The first kappa shape index (κ1) is 17.2. The van der Waals surface area contributed by atoms with E-state index in [1.165, 1.54) is 0 Å². The fourth-order valence-electron chi connectivity index (χ4n) is 2.26. The van der Waals surface area contributed by atoms with E-state index in [-0.39, 0.29) is 0 Å². The molecule has 0 radical (unpaired) electrons. The van der Waals surface area contributed by atoms with Crippen molar-refractivity contribution in [3.63, 3.8) is 0 Å². The Morgan fingerprint density at radius 2 is 1.46 bits per heavy atom. The predicted octanol–water partition coefficient (Wildman–Crippen LogP) is 3.79. The zero-order valence-corrected chi connectivity index (χ0v) is 14.1. The van der Waals surface area contributed by atoms with Gasteiger partial charge in [-0.1, -0.05) is 0 Å². The molecule has 0 spiro atoms. The summed E-state index contributed by atoms with van der Waals surface area (Å²) in [4.78, 5) is 0. The molecule has 0 heterocycles. The molecule has 0 aliphatic carbocycles. The molecular weight excluding hydrogens is 306 g/mol. The first-order valence-electron chi connectivity index (χ1n) is 7.22. The van der Waals surface area contributed by atoms with Gasteiger partial charge in [0.15, 0.2) is 11.5 Å². The standard InChI is InChI=1S/C19H19NO4/c1-21-16-8-13(9-17(11-16)22-2)7-15(12-20)14-5-6-18(23-3)19(10-14)24-4/h5-11H,1-4H3/b15-7+. The Balaban J connectivity index is 2.48. The van der Waals surface area contributed by atoms with Crippen LogP contribution in [-0.4, -0.2) is 28.4 Å². The fraction of sp³-hybridized carbons (Fsp3) is 0.211. The monoisotopic (exact) mass is 325 g/mol. The number of nitrogens with zero attached hydrogens (tertiary/aromatic N) is 1. The third-order valence-electron chi connectivity index (χ3n) is 3.50. The van der Waals surface area contributed by atoms with Crippen molar-refractivity contribution in [3.8, 4) is 29.1 Å². The van der Waals surface area contributed by atoms with Gasteiger partial charge in [-0.3, -0.25) is 0 Å². The van der Waals surface area contributed by atoms with Crippen LogP contribution >= 0.6 is 0 Å². The molecule has 2 aromatic carbocycles. The zero-order chi connectivity index (χ0) is 17.5. The molecule has 0 N–H and O–H groups in total. The van der Waals surface area contributed by atoms with Gasteiger partial charge in [0, 0.05) is 6.07 Å². The highest BCUT2D eigenvalue weighted by Gasteiger charge is 2.09. The lowest BCUT2D eigenvalue weighted by Gasteiger charge is -2.10. The van der Waals surface area contributed by atoms with Gasteiger partial charge in [0.25, 0.3) is 0 Å². The summed E-state index contributed by atoms with van der Waals surface area (Å²) in [5, 5.41) is 9.53. The summed E-state index contributed by atoms with van der Waals surface area (Å²) in [6, 6.07) is 13.0. The van der Waals surface area contributed by atoms with Gasteiger partial charge in [-0.2, -0.15) is 5.26 Å². The highest BCUT2D eigenvalue weighted by Crippen LogP contribution is 2.31. The van der Waals surface area contributed by atoms with Crippen molar-refractivity contribution in [2.24, 2.45) is 0 Å². The zero-order valence-electron chi connectivity index (χ0n) is 14.1. The molecule has 5 heteroatoms. The molecule has 2 aromatic rings. The van der Waals surface area contributed by atoms with Gasteiger partial charge in [-0.15, -0.1) is 0 Å². The normalized spacial score (nSPS) is 10.7. The van der Waals surface area contributed by atoms with Gasteiger partial charge in [-0.05, 0) is 47.5 Å². The van der Waals surface area contributed by atoms with Crippen LogP contribution in [0.15, 0.2) is 36.4 Å². The lowest BCUT2D eigenvalue weighted by molar-refractivity contribution is 0.355. The number of benzene rings is 2. The van der Waals surface area contributed by atoms with Crippen molar-refractivity contribution in [1.82, 2.24) is 0 Å². The van der Waals surface area contributed by atoms with Crippen LogP contribution in [0.5, 0.6) is 23.0 Å². The summed E-state index contributed by atoms with van der Waals surface area (Å²) in [7, 11) is 6.30. The summed E-state index contributed by atoms with van der Waals surface area (Å²) >= 11 is 0. The Labute approximate surface area is 141 Å². The molecule has 0 saturated heterocycles. The molecule has 0 aromatic heterocycles. The highest BCUT2D eigenvalue weighted by molar-refractivity contribution is 5.90. The molecule has 2 rings (SSSR count). The molecule has 0 aliphatic rings. The van der Waals surface area contributed by atoms with E-state index in [0.29, 0.717) is 28.6 Å². The summed E-state index contributed by atoms with van der Waals surface area (Å²) < 4.78 is 21.0. The van der Waals surface area contributed by atoms with Crippen LogP contribution in [0.2, 0.25) is 0 Å². The lowest BCUT2D eigenvalue weighted by atomic mass is 10.0. The van der Waals surface area contributed by atoms with Crippen LogP contribution < -0.4 is 18.9 Å². The van der Waals surface area contributed by atoms with E-state index in [0.717, 1.165) is 11.1 Å². The number of hydrogen-bond donors (Lipinski definition) is 0. The molecule has 124 valence electrons. The number of ether oxygens (including phenoxy) is 4. The van der Waals surface area contributed by atoms with Crippen LogP contribution in [0, 0.1) is 11.3 Å². The van der Waals surface area contributed by atoms with Crippen molar-refractivity contribution in [3.05, 3.63) is 47.5 Å². The van der Waals surface area contributed by atoms with E-state index < -0.39 is 0 Å². The largest absolute Gasteiger partial charge is 0.497 e. The molecule has 24 heavy (non-hydrogen) atoms. The smallest absolute Gasteiger partial charge is 0.161 e. The highest BCUT2D eigenvalue weighted by atomic mass is 16.5. The first-order chi connectivity index (χ1) is 11.6. The Morgan fingerprint density at radius 3 is 1.96 bits per heavy atom. The van der Waals surface area contributed by atoms with Crippen LogP contribution in [-0.2, 0) is 0 Å². The van der Waals surface area contributed by atoms with Crippen molar-refractivity contribution in [2.45, 2.75) is 0 Å². The Hall–Kier alpha value is -3.13. The maximum atomic E-state index is 9.53. The third kappa shape index (κ3) is 3.79. The van der Waals surface area contributed by atoms with E-state index >= 15 is 0 Å². The van der Waals surface area contributed by atoms with Gasteiger partial charge in [-0.25, -0.2) is 0 Å². The summed E-state index contributed by atoms with van der Waals surface area (Å²) in [6.45, 7) is 0. The van der Waals surface area contributed by atoms with Crippen LogP contribution in [0.3, 0.4) is 0 Å². The van der Waals surface area contributed by atoms with Crippen molar-refractivity contribution < 1.29 is 18.9 Å². The Morgan fingerprint density at radius 1 is 0.833 bits per heavy atom. The molecule has 0 aliphatic heterocycles. The van der Waals surface area contributed by atoms with Gasteiger partial charge >= 0.3 is 0 Å². The fourth-order valence-corrected chi connectivity index (χ4v) is 2.26. The van der Waals surface area contributed by atoms with Crippen LogP contribution in [0.1, 0.15) is 11.1 Å².